The summed E-state index contributed by atoms with van der Waals surface area (Å²) in [7, 11) is 0. The van der Waals surface area contributed by atoms with Gasteiger partial charge in [0.05, 0.1) is 5.56 Å². The van der Waals surface area contributed by atoms with Gasteiger partial charge in [0.15, 0.2) is 0 Å². The molecule has 1 fully saturated rings. The quantitative estimate of drug-likeness (QED) is 0.892. The van der Waals surface area contributed by atoms with Gasteiger partial charge < -0.3 is 10.6 Å². The summed E-state index contributed by atoms with van der Waals surface area (Å²) in [5, 5.41) is 8.33. The van der Waals surface area contributed by atoms with Gasteiger partial charge in [0.2, 0.25) is 0 Å². The Hall–Kier alpha value is -0.580. The van der Waals surface area contributed by atoms with E-state index in [1.807, 2.05) is 5.38 Å². The number of fused-ring (bicyclic) bond motifs is 1. The predicted octanol–water partition coefficient (Wildman–Crippen LogP) is 2.00. The lowest BCUT2D eigenvalue weighted by molar-refractivity contribution is 0.0941. The van der Waals surface area contributed by atoms with Crippen molar-refractivity contribution in [2.45, 2.75) is 25.7 Å². The molecule has 18 heavy (non-hydrogen) atoms. The minimum atomic E-state index is 0. The maximum absolute atomic E-state index is 12.1. The van der Waals surface area contributed by atoms with E-state index in [1.54, 1.807) is 11.3 Å². The molecule has 5 heteroatoms. The number of hydrogen-bond acceptors (Lipinski definition) is 3. The minimum absolute atomic E-state index is 0. The maximum Gasteiger partial charge on any atom is 0.252 e. The van der Waals surface area contributed by atoms with Crippen LogP contribution in [0.5, 0.6) is 0 Å². The first-order valence-corrected chi connectivity index (χ1v) is 7.30. The SMILES string of the molecule is Cl.O=C(NCC1CNC1)c1csc2c1CCCC2. The molecule has 0 radical (unpaired) electrons. The first-order chi connectivity index (χ1) is 8.34. The van der Waals surface area contributed by atoms with Crippen LogP contribution in [0.4, 0.5) is 0 Å². The lowest BCUT2D eigenvalue weighted by atomic mass is 9.95. The number of halogens is 1. The van der Waals surface area contributed by atoms with Gasteiger partial charge in [-0.2, -0.15) is 0 Å². The molecule has 3 nitrogen and oxygen atoms in total. The van der Waals surface area contributed by atoms with E-state index in [9.17, 15) is 4.79 Å². The summed E-state index contributed by atoms with van der Waals surface area (Å²) in [5.41, 5.74) is 2.27. The van der Waals surface area contributed by atoms with Gasteiger partial charge in [-0.15, -0.1) is 23.7 Å². The molecule has 0 aromatic carbocycles. The molecule has 2 aliphatic rings. The van der Waals surface area contributed by atoms with Crippen molar-refractivity contribution in [3.05, 3.63) is 21.4 Å². The van der Waals surface area contributed by atoms with Crippen molar-refractivity contribution in [1.82, 2.24) is 10.6 Å². The molecule has 0 atom stereocenters. The van der Waals surface area contributed by atoms with Gasteiger partial charge in [-0.25, -0.2) is 0 Å². The molecule has 2 heterocycles. The third kappa shape index (κ3) is 2.71. The molecular weight excluding hydrogens is 268 g/mol. The average Bonchev–Trinajstić information content (AvgIpc) is 2.70. The fourth-order valence-corrected chi connectivity index (χ4v) is 3.64. The summed E-state index contributed by atoms with van der Waals surface area (Å²) in [4.78, 5) is 13.5. The van der Waals surface area contributed by atoms with Crippen molar-refractivity contribution in [2.75, 3.05) is 19.6 Å². The Kier molecular flexibility index (Phi) is 4.65. The first-order valence-electron chi connectivity index (χ1n) is 6.43. The van der Waals surface area contributed by atoms with Crippen molar-refractivity contribution >= 4 is 29.7 Å². The molecule has 3 rings (SSSR count). The highest BCUT2D eigenvalue weighted by Gasteiger charge is 2.22. The molecule has 1 aliphatic carbocycles. The van der Waals surface area contributed by atoms with Crippen LogP contribution in [-0.4, -0.2) is 25.5 Å². The van der Waals surface area contributed by atoms with Gasteiger partial charge in [0.1, 0.15) is 0 Å². The number of aryl methyl sites for hydroxylation is 1. The van der Waals surface area contributed by atoms with Crippen LogP contribution in [0, 0.1) is 5.92 Å². The van der Waals surface area contributed by atoms with Gasteiger partial charge >= 0.3 is 0 Å². The standard InChI is InChI=1S/C13H18N2OS.ClH/c16-13(15-7-9-5-14-6-9)11-8-17-12-4-2-1-3-10(11)12;/h8-9,14H,1-7H2,(H,15,16);1H. The van der Waals surface area contributed by atoms with Crippen LogP contribution in [-0.2, 0) is 12.8 Å². The molecule has 1 aliphatic heterocycles. The van der Waals surface area contributed by atoms with E-state index in [1.165, 1.54) is 29.7 Å². The highest BCUT2D eigenvalue weighted by Crippen LogP contribution is 2.30. The van der Waals surface area contributed by atoms with Gasteiger partial charge in [-0.05, 0) is 31.2 Å². The summed E-state index contributed by atoms with van der Waals surface area (Å²) in [6.07, 6.45) is 4.77. The van der Waals surface area contributed by atoms with Crippen LogP contribution in [0.3, 0.4) is 0 Å². The first kappa shape index (κ1) is 13.8. The highest BCUT2D eigenvalue weighted by molar-refractivity contribution is 7.10. The Balaban J connectivity index is 0.00000120. The fourth-order valence-electron chi connectivity index (χ4n) is 2.51. The minimum Gasteiger partial charge on any atom is -0.352 e. The molecule has 2 N–H and O–H groups in total. The Morgan fingerprint density at radius 3 is 2.89 bits per heavy atom. The normalized spacial score (nSPS) is 18.4. The van der Waals surface area contributed by atoms with E-state index in [0.29, 0.717) is 5.92 Å². The van der Waals surface area contributed by atoms with Crippen molar-refractivity contribution in [3.63, 3.8) is 0 Å². The zero-order chi connectivity index (χ0) is 11.7. The highest BCUT2D eigenvalue weighted by atomic mass is 35.5. The van der Waals surface area contributed by atoms with Gasteiger partial charge in [-0.3, -0.25) is 4.79 Å². The number of carbonyl (C=O) groups excluding carboxylic acids is 1. The monoisotopic (exact) mass is 286 g/mol. The number of amides is 1. The molecule has 0 saturated carbocycles. The third-order valence-electron chi connectivity index (χ3n) is 3.72. The van der Waals surface area contributed by atoms with Gasteiger partial charge in [0, 0.05) is 35.8 Å². The summed E-state index contributed by atoms with van der Waals surface area (Å²) >= 11 is 1.76. The van der Waals surface area contributed by atoms with Crippen molar-refractivity contribution in [2.24, 2.45) is 5.92 Å². The molecule has 1 aromatic rings. The van der Waals surface area contributed by atoms with Crippen molar-refractivity contribution < 1.29 is 4.79 Å². The third-order valence-corrected chi connectivity index (χ3v) is 4.81. The molecule has 0 bridgehead atoms. The Labute approximate surface area is 118 Å². The number of rotatable bonds is 3. The molecule has 1 amide bonds. The largest absolute Gasteiger partial charge is 0.352 e. The fraction of sp³-hybridized carbons (Fsp3) is 0.615. The second-order valence-corrected chi connectivity index (χ2v) is 5.96. The van der Waals surface area contributed by atoms with E-state index < -0.39 is 0 Å². The molecule has 100 valence electrons. The van der Waals surface area contributed by atoms with Gasteiger partial charge in [0.25, 0.3) is 5.91 Å². The van der Waals surface area contributed by atoms with E-state index in [2.05, 4.69) is 10.6 Å². The molecule has 0 spiro atoms. The molecule has 1 saturated heterocycles. The predicted molar refractivity (Wildman–Crippen MR) is 76.9 cm³/mol. The lowest BCUT2D eigenvalue weighted by Crippen LogP contribution is -2.48. The second-order valence-electron chi connectivity index (χ2n) is 4.99. The van der Waals surface area contributed by atoms with Crippen LogP contribution in [0.15, 0.2) is 5.38 Å². The number of nitrogens with one attached hydrogen (secondary N) is 2. The average molecular weight is 287 g/mol. The van der Waals surface area contributed by atoms with E-state index in [4.69, 9.17) is 0 Å². The smallest absolute Gasteiger partial charge is 0.252 e. The zero-order valence-electron chi connectivity index (χ0n) is 10.3. The van der Waals surface area contributed by atoms with Crippen molar-refractivity contribution in [3.8, 4) is 0 Å². The van der Waals surface area contributed by atoms with Gasteiger partial charge in [-0.1, -0.05) is 0 Å². The Bertz CT molecular complexity index is 429. The Morgan fingerprint density at radius 1 is 1.39 bits per heavy atom. The summed E-state index contributed by atoms with van der Waals surface area (Å²) in [6, 6.07) is 0. The molecule has 0 unspecified atom stereocenters. The summed E-state index contributed by atoms with van der Waals surface area (Å²) < 4.78 is 0. The van der Waals surface area contributed by atoms with E-state index >= 15 is 0 Å². The summed E-state index contributed by atoms with van der Waals surface area (Å²) in [5.74, 6) is 0.768. The Morgan fingerprint density at radius 2 is 2.17 bits per heavy atom. The van der Waals surface area contributed by atoms with Crippen LogP contribution in [0.1, 0.15) is 33.6 Å². The van der Waals surface area contributed by atoms with Crippen LogP contribution < -0.4 is 10.6 Å². The molecule has 1 aromatic heterocycles. The van der Waals surface area contributed by atoms with Crippen LogP contribution in [0.2, 0.25) is 0 Å². The van der Waals surface area contributed by atoms with Crippen LogP contribution in [0.25, 0.3) is 0 Å². The summed E-state index contributed by atoms with van der Waals surface area (Å²) in [6.45, 7) is 2.90. The number of carbonyl (C=O) groups is 1. The topological polar surface area (TPSA) is 41.1 Å². The molecular formula is C13H19ClN2OS. The van der Waals surface area contributed by atoms with Crippen molar-refractivity contribution in [1.29, 1.82) is 0 Å². The van der Waals surface area contributed by atoms with E-state index in [0.717, 1.165) is 31.6 Å². The maximum atomic E-state index is 12.1. The zero-order valence-corrected chi connectivity index (χ0v) is 12.0. The van der Waals surface area contributed by atoms with Crippen LogP contribution >= 0.6 is 23.7 Å². The van der Waals surface area contributed by atoms with E-state index in [-0.39, 0.29) is 18.3 Å². The lowest BCUT2D eigenvalue weighted by Gasteiger charge is -2.27. The number of thiophene rings is 1. The number of hydrogen-bond donors (Lipinski definition) is 2. The second kappa shape index (κ2) is 6.04.